The number of ether oxygens (including phenoxy) is 2. The molecule has 9 heteroatoms. The zero-order chi connectivity index (χ0) is 27.6. The summed E-state index contributed by atoms with van der Waals surface area (Å²) >= 11 is 1.21. The summed E-state index contributed by atoms with van der Waals surface area (Å²) in [6.45, 7) is 2.87. The number of nitrogens with zero attached hydrogens (tertiary/aromatic N) is 4. The van der Waals surface area contributed by atoms with Crippen LogP contribution in [-0.2, 0) is 0 Å². The third-order valence-corrected chi connectivity index (χ3v) is 7.07. The Morgan fingerprint density at radius 2 is 1.67 bits per heavy atom. The van der Waals surface area contributed by atoms with Crippen LogP contribution < -0.4 is 14.4 Å². The molecule has 3 aromatic carbocycles. The van der Waals surface area contributed by atoms with Gasteiger partial charge in [0.15, 0.2) is 5.82 Å². The second-order valence-electron chi connectivity index (χ2n) is 9.38. The molecule has 204 valence electrons. The first kappa shape index (κ1) is 28.2. The molecule has 0 radical (unpaired) electrons. The molecule has 0 spiro atoms. The van der Waals surface area contributed by atoms with Crippen LogP contribution in [0.4, 0.5) is 21.5 Å². The van der Waals surface area contributed by atoms with E-state index >= 15 is 0 Å². The van der Waals surface area contributed by atoms with Crippen molar-refractivity contribution in [2.45, 2.75) is 45.4 Å². The molecular formula is C30H33FN4O3S. The van der Waals surface area contributed by atoms with Gasteiger partial charge in [-0.2, -0.15) is 5.11 Å². The average Bonchev–Trinajstić information content (AvgIpc) is 3.36. The highest BCUT2D eigenvalue weighted by Crippen LogP contribution is 2.29. The highest BCUT2D eigenvalue weighted by atomic mass is 32.1. The lowest BCUT2D eigenvalue weighted by molar-refractivity contribution is 0.0734. The van der Waals surface area contributed by atoms with Gasteiger partial charge in [0.25, 0.3) is 0 Å². The molecule has 0 bridgehead atoms. The molecule has 0 saturated heterocycles. The maximum absolute atomic E-state index is 14.6. The van der Waals surface area contributed by atoms with E-state index in [2.05, 4.69) is 22.1 Å². The summed E-state index contributed by atoms with van der Waals surface area (Å²) in [5, 5.41) is 8.25. The van der Waals surface area contributed by atoms with Crippen LogP contribution >= 0.6 is 11.3 Å². The summed E-state index contributed by atoms with van der Waals surface area (Å²) in [7, 11) is 3.89. The van der Waals surface area contributed by atoms with Gasteiger partial charge in [-0.15, -0.1) is 16.5 Å². The summed E-state index contributed by atoms with van der Waals surface area (Å²) in [5.41, 5.74) is 2.35. The molecule has 0 unspecified atom stereocenters. The molecule has 0 saturated carbocycles. The van der Waals surface area contributed by atoms with Crippen molar-refractivity contribution in [2.75, 3.05) is 25.6 Å². The maximum Gasteiger partial charge on any atom is 0.372 e. The van der Waals surface area contributed by atoms with E-state index in [1.807, 2.05) is 49.3 Å². The van der Waals surface area contributed by atoms with E-state index in [-0.39, 0.29) is 16.4 Å². The van der Waals surface area contributed by atoms with Gasteiger partial charge in [-0.25, -0.2) is 14.2 Å². The lowest BCUT2D eigenvalue weighted by Crippen LogP contribution is -2.07. The average molecular weight is 549 g/mol. The van der Waals surface area contributed by atoms with E-state index in [1.54, 1.807) is 12.1 Å². The van der Waals surface area contributed by atoms with Gasteiger partial charge in [-0.1, -0.05) is 39.0 Å². The first-order chi connectivity index (χ1) is 18.9. The third-order valence-electron chi connectivity index (χ3n) is 6.07. The van der Waals surface area contributed by atoms with E-state index in [0.717, 1.165) is 35.0 Å². The predicted octanol–water partition coefficient (Wildman–Crippen LogP) is 8.88. The van der Waals surface area contributed by atoms with Gasteiger partial charge in [0.2, 0.25) is 5.01 Å². The van der Waals surface area contributed by atoms with Gasteiger partial charge in [0, 0.05) is 25.8 Å². The first-order valence-corrected chi connectivity index (χ1v) is 14.0. The molecule has 0 N–H and O–H groups in total. The Morgan fingerprint density at radius 3 is 2.41 bits per heavy atom. The van der Waals surface area contributed by atoms with Crippen molar-refractivity contribution < 1.29 is 18.7 Å². The Kier molecular flexibility index (Phi) is 9.97. The Labute approximate surface area is 232 Å². The van der Waals surface area contributed by atoms with E-state index in [1.165, 1.54) is 49.2 Å². The van der Waals surface area contributed by atoms with Crippen LogP contribution in [-0.4, -0.2) is 31.7 Å². The van der Waals surface area contributed by atoms with E-state index < -0.39 is 11.8 Å². The van der Waals surface area contributed by atoms with Crippen LogP contribution in [0, 0.1) is 5.82 Å². The normalized spacial score (nSPS) is 11.3. The number of benzene rings is 3. The monoisotopic (exact) mass is 548 g/mol. The number of azo groups is 1. The second kappa shape index (κ2) is 13.8. The van der Waals surface area contributed by atoms with Crippen LogP contribution in [0.2, 0.25) is 0 Å². The standard InChI is InChI=1S/C30H33FN4O3S/c1-4-5-6-7-8-9-18-37-23-14-17-27-28(20-23)39-29(32-27)30(36)38-24-15-16-26(25(31)19-24)34-33-21-10-12-22(13-11-21)35(2)3/h10-17,19-20H,4-9,18H2,1-3H3. The maximum atomic E-state index is 14.6. The quantitative estimate of drug-likeness (QED) is 0.0722. The van der Waals surface area contributed by atoms with Crippen LogP contribution in [0.5, 0.6) is 11.5 Å². The van der Waals surface area contributed by atoms with Crippen LogP contribution in [0.1, 0.15) is 55.3 Å². The smallest absolute Gasteiger partial charge is 0.372 e. The zero-order valence-electron chi connectivity index (χ0n) is 22.5. The number of anilines is 1. The molecule has 4 aromatic rings. The second-order valence-corrected chi connectivity index (χ2v) is 10.4. The molecule has 39 heavy (non-hydrogen) atoms. The summed E-state index contributed by atoms with van der Waals surface area (Å²) < 4.78 is 26.7. The fourth-order valence-corrected chi connectivity index (χ4v) is 4.74. The summed E-state index contributed by atoms with van der Waals surface area (Å²) in [6, 6.07) is 17.0. The Bertz CT molecular complexity index is 1420. The number of unbranched alkanes of at least 4 members (excludes halogenated alkanes) is 5. The van der Waals surface area contributed by atoms with Crippen molar-refractivity contribution >= 4 is 44.6 Å². The minimum atomic E-state index is -0.652. The van der Waals surface area contributed by atoms with E-state index in [4.69, 9.17) is 9.47 Å². The lowest BCUT2D eigenvalue weighted by Gasteiger charge is -2.11. The van der Waals surface area contributed by atoms with Gasteiger partial charge < -0.3 is 14.4 Å². The highest BCUT2D eigenvalue weighted by Gasteiger charge is 2.16. The van der Waals surface area contributed by atoms with Crippen molar-refractivity contribution in [1.29, 1.82) is 0 Å². The molecular weight excluding hydrogens is 515 g/mol. The Hall–Kier alpha value is -3.85. The molecule has 0 atom stereocenters. The zero-order valence-corrected chi connectivity index (χ0v) is 23.3. The summed E-state index contributed by atoms with van der Waals surface area (Å²) in [4.78, 5) is 19.0. The SMILES string of the molecule is CCCCCCCCOc1ccc2nc(C(=O)Oc3ccc(N=Nc4ccc(N(C)C)cc4)c(F)c3)sc2c1. The number of thiazole rings is 1. The topological polar surface area (TPSA) is 76.4 Å². The molecule has 1 heterocycles. The van der Waals surface area contributed by atoms with Crippen molar-refractivity contribution in [3.05, 3.63) is 71.5 Å². The lowest BCUT2D eigenvalue weighted by atomic mass is 10.1. The van der Waals surface area contributed by atoms with E-state index in [0.29, 0.717) is 17.8 Å². The fourth-order valence-electron chi connectivity index (χ4n) is 3.87. The van der Waals surface area contributed by atoms with Crippen LogP contribution in [0.3, 0.4) is 0 Å². The van der Waals surface area contributed by atoms with Gasteiger partial charge in [-0.3, -0.25) is 0 Å². The number of esters is 1. The van der Waals surface area contributed by atoms with Gasteiger partial charge >= 0.3 is 5.97 Å². The molecule has 4 rings (SSSR count). The number of carbonyl (C=O) groups is 1. The number of carbonyl (C=O) groups excluding carboxylic acids is 1. The minimum absolute atomic E-state index is 0.0416. The number of aromatic nitrogens is 1. The largest absolute Gasteiger partial charge is 0.494 e. The van der Waals surface area contributed by atoms with Crippen LogP contribution in [0.15, 0.2) is 70.9 Å². The fraction of sp³-hybridized carbons (Fsp3) is 0.333. The molecule has 0 aliphatic heterocycles. The van der Waals surface area contributed by atoms with Gasteiger partial charge in [-0.05, 0) is 61.0 Å². The Balaban J connectivity index is 1.33. The minimum Gasteiger partial charge on any atom is -0.494 e. The molecule has 0 aliphatic carbocycles. The number of hydrogen-bond acceptors (Lipinski definition) is 8. The van der Waals surface area contributed by atoms with Crippen molar-refractivity contribution in [2.24, 2.45) is 10.2 Å². The van der Waals surface area contributed by atoms with Gasteiger partial charge in [0.05, 0.1) is 22.5 Å². The predicted molar refractivity (Wildman–Crippen MR) is 155 cm³/mol. The van der Waals surface area contributed by atoms with Crippen molar-refractivity contribution in [3.63, 3.8) is 0 Å². The number of fused-ring (bicyclic) bond motifs is 1. The first-order valence-electron chi connectivity index (χ1n) is 13.2. The Morgan fingerprint density at radius 1 is 0.923 bits per heavy atom. The molecule has 0 aliphatic rings. The van der Waals surface area contributed by atoms with Gasteiger partial charge in [0.1, 0.15) is 17.2 Å². The van der Waals surface area contributed by atoms with Crippen molar-refractivity contribution in [3.8, 4) is 11.5 Å². The molecule has 7 nitrogen and oxygen atoms in total. The third kappa shape index (κ3) is 8.07. The number of rotatable bonds is 13. The van der Waals surface area contributed by atoms with E-state index in [9.17, 15) is 9.18 Å². The van der Waals surface area contributed by atoms with Crippen LogP contribution in [0.25, 0.3) is 10.2 Å². The molecule has 1 aromatic heterocycles. The van der Waals surface area contributed by atoms with Crippen molar-refractivity contribution in [1.82, 2.24) is 4.98 Å². The molecule has 0 fully saturated rings. The summed E-state index contributed by atoms with van der Waals surface area (Å²) in [6.07, 6.45) is 7.21. The number of hydrogen-bond donors (Lipinski definition) is 0. The number of halogens is 1. The summed E-state index contributed by atoms with van der Waals surface area (Å²) in [5.74, 6) is -0.486. The molecule has 0 amide bonds. The highest BCUT2D eigenvalue weighted by molar-refractivity contribution is 7.20.